The van der Waals surface area contributed by atoms with E-state index in [1.54, 1.807) is 12.1 Å². The van der Waals surface area contributed by atoms with E-state index in [9.17, 15) is 18.0 Å². The molecule has 47 heavy (non-hydrogen) atoms. The van der Waals surface area contributed by atoms with Gasteiger partial charge in [-0.2, -0.15) is 8.42 Å². The van der Waals surface area contributed by atoms with Crippen molar-refractivity contribution in [2.24, 2.45) is 11.8 Å². The highest BCUT2D eigenvalue weighted by Crippen LogP contribution is 2.32. The SMILES string of the molecule is CCCCCCCC(C(=O)OC(C)(C)C)C(CCc1ccc(OCCCOS(=O)(=O)c2ccc(Br)cc2)c(Br)c1)C(=O)OC(C)(C)C. The molecule has 0 fully saturated rings. The van der Waals surface area contributed by atoms with Crippen molar-refractivity contribution < 1.29 is 36.4 Å². The number of ether oxygens (including phenoxy) is 3. The van der Waals surface area contributed by atoms with Gasteiger partial charge in [-0.25, -0.2) is 0 Å². The molecule has 11 heteroatoms. The van der Waals surface area contributed by atoms with E-state index in [1.807, 2.05) is 59.7 Å². The largest absolute Gasteiger partial charge is 0.492 e. The van der Waals surface area contributed by atoms with Crippen molar-refractivity contribution in [2.45, 2.75) is 122 Å². The normalized spacial score (nSPS) is 13.6. The van der Waals surface area contributed by atoms with E-state index in [-0.39, 0.29) is 30.0 Å². The van der Waals surface area contributed by atoms with Gasteiger partial charge in [-0.3, -0.25) is 13.8 Å². The van der Waals surface area contributed by atoms with E-state index in [4.69, 9.17) is 18.4 Å². The summed E-state index contributed by atoms with van der Waals surface area (Å²) in [7, 11) is -3.84. The standard InChI is InChI=1S/C36H52Br2O8S/c1-8-9-10-11-12-14-29(33(39)45-35(2,3)4)30(34(40)46-36(5,6)7)21-15-26-16-22-32(31(38)25-26)43-23-13-24-44-47(41,42)28-19-17-27(37)18-20-28/h16-20,22,25,29-30H,8-15,21,23-24H2,1-7H3. The number of hydrogen-bond acceptors (Lipinski definition) is 8. The second-order valence-electron chi connectivity index (χ2n) is 13.7. The third-order valence-corrected chi connectivity index (χ3v) is 9.63. The molecule has 2 aromatic rings. The lowest BCUT2D eigenvalue weighted by molar-refractivity contribution is -0.173. The summed E-state index contributed by atoms with van der Waals surface area (Å²) in [6, 6.07) is 11.9. The Morgan fingerprint density at radius 1 is 0.745 bits per heavy atom. The molecule has 0 aliphatic rings. The number of carbonyl (C=O) groups excluding carboxylic acids is 2. The number of aryl methyl sites for hydroxylation is 1. The fraction of sp³-hybridized carbons (Fsp3) is 0.611. The van der Waals surface area contributed by atoms with Gasteiger partial charge in [-0.1, -0.05) is 61.0 Å². The van der Waals surface area contributed by atoms with Gasteiger partial charge < -0.3 is 14.2 Å². The van der Waals surface area contributed by atoms with E-state index in [2.05, 4.69) is 38.8 Å². The zero-order valence-corrected chi connectivity index (χ0v) is 32.9. The number of halogens is 2. The van der Waals surface area contributed by atoms with Crippen LogP contribution in [-0.4, -0.2) is 44.8 Å². The number of unbranched alkanes of at least 4 members (excludes halogenated alkanes) is 4. The monoisotopic (exact) mass is 802 g/mol. The molecule has 0 saturated carbocycles. The van der Waals surface area contributed by atoms with Gasteiger partial charge in [0.1, 0.15) is 17.0 Å². The van der Waals surface area contributed by atoms with Crippen molar-refractivity contribution in [2.75, 3.05) is 13.2 Å². The fourth-order valence-electron chi connectivity index (χ4n) is 4.91. The average molecular weight is 805 g/mol. The smallest absolute Gasteiger partial charge is 0.310 e. The predicted octanol–water partition coefficient (Wildman–Crippen LogP) is 9.59. The molecule has 0 saturated heterocycles. The maximum Gasteiger partial charge on any atom is 0.310 e. The highest BCUT2D eigenvalue weighted by atomic mass is 79.9. The van der Waals surface area contributed by atoms with Crippen LogP contribution in [-0.2, 0) is 39.8 Å². The second kappa shape index (κ2) is 19.3. The Kier molecular flexibility index (Phi) is 16.9. The minimum absolute atomic E-state index is 0.0163. The highest BCUT2D eigenvalue weighted by Gasteiger charge is 2.38. The molecule has 0 aromatic heterocycles. The Morgan fingerprint density at radius 3 is 1.87 bits per heavy atom. The van der Waals surface area contributed by atoms with Crippen LogP contribution < -0.4 is 4.74 Å². The van der Waals surface area contributed by atoms with E-state index in [0.29, 0.717) is 31.4 Å². The van der Waals surface area contributed by atoms with Gasteiger partial charge in [0, 0.05) is 10.9 Å². The summed E-state index contributed by atoms with van der Waals surface area (Å²) in [4.78, 5) is 27.2. The van der Waals surface area contributed by atoms with Crippen LogP contribution in [0.15, 0.2) is 56.3 Å². The van der Waals surface area contributed by atoms with E-state index >= 15 is 0 Å². The van der Waals surface area contributed by atoms with Crippen LogP contribution in [0.1, 0.15) is 105 Å². The minimum Gasteiger partial charge on any atom is -0.492 e. The van der Waals surface area contributed by atoms with Gasteiger partial charge in [0.15, 0.2) is 0 Å². The summed E-state index contributed by atoms with van der Waals surface area (Å²) in [6.45, 7) is 13.4. The minimum atomic E-state index is -3.84. The van der Waals surface area contributed by atoms with Crippen LogP contribution in [0.5, 0.6) is 5.75 Å². The van der Waals surface area contributed by atoms with Crippen LogP contribution in [0.2, 0.25) is 0 Å². The van der Waals surface area contributed by atoms with Crippen molar-refractivity contribution in [1.82, 2.24) is 0 Å². The number of esters is 2. The zero-order valence-electron chi connectivity index (χ0n) is 28.9. The molecule has 0 aliphatic carbocycles. The maximum absolute atomic E-state index is 13.6. The third-order valence-electron chi connectivity index (χ3n) is 7.15. The average Bonchev–Trinajstić information content (AvgIpc) is 2.95. The van der Waals surface area contributed by atoms with Crippen LogP contribution in [0.25, 0.3) is 0 Å². The molecule has 2 rings (SSSR count). The molecular weight excluding hydrogens is 752 g/mol. The van der Waals surface area contributed by atoms with Gasteiger partial charge >= 0.3 is 11.9 Å². The van der Waals surface area contributed by atoms with Crippen molar-refractivity contribution in [3.05, 3.63) is 57.0 Å². The van der Waals surface area contributed by atoms with Gasteiger partial charge in [0.25, 0.3) is 10.1 Å². The molecule has 2 unspecified atom stereocenters. The van der Waals surface area contributed by atoms with Gasteiger partial charge in [-0.15, -0.1) is 0 Å². The molecular formula is C36H52Br2O8S. The Hall–Kier alpha value is -1.95. The first-order valence-corrected chi connectivity index (χ1v) is 19.4. The highest BCUT2D eigenvalue weighted by molar-refractivity contribution is 9.10. The molecule has 0 heterocycles. The first-order valence-electron chi connectivity index (χ1n) is 16.4. The van der Waals surface area contributed by atoms with Gasteiger partial charge in [0.2, 0.25) is 0 Å². The molecule has 0 spiro atoms. The molecule has 2 aromatic carbocycles. The molecule has 0 radical (unpaired) electrons. The topological polar surface area (TPSA) is 105 Å². The Morgan fingerprint density at radius 2 is 1.32 bits per heavy atom. The molecule has 0 bridgehead atoms. The Balaban J connectivity index is 2.07. The summed E-state index contributed by atoms with van der Waals surface area (Å²) in [5.74, 6) is -1.40. The van der Waals surface area contributed by atoms with Gasteiger partial charge in [0.05, 0.1) is 34.4 Å². The zero-order chi connectivity index (χ0) is 35.3. The summed E-state index contributed by atoms with van der Waals surface area (Å²) < 4.78 is 48.9. The number of hydrogen-bond donors (Lipinski definition) is 0. The lowest BCUT2D eigenvalue weighted by atomic mass is 9.83. The summed E-state index contributed by atoms with van der Waals surface area (Å²) in [5, 5.41) is 0. The molecule has 0 amide bonds. The van der Waals surface area contributed by atoms with E-state index in [1.165, 1.54) is 12.1 Å². The van der Waals surface area contributed by atoms with E-state index < -0.39 is 33.2 Å². The van der Waals surface area contributed by atoms with Crippen LogP contribution in [0, 0.1) is 11.8 Å². The second-order valence-corrected chi connectivity index (χ2v) is 17.1. The van der Waals surface area contributed by atoms with E-state index in [0.717, 1.165) is 46.6 Å². The summed E-state index contributed by atoms with van der Waals surface area (Å²) in [5.41, 5.74) is -0.394. The lowest BCUT2D eigenvalue weighted by Crippen LogP contribution is -2.39. The van der Waals surface area contributed by atoms with Crippen molar-refractivity contribution >= 4 is 53.9 Å². The van der Waals surface area contributed by atoms with Crippen LogP contribution in [0.3, 0.4) is 0 Å². The lowest BCUT2D eigenvalue weighted by Gasteiger charge is -2.30. The quantitative estimate of drug-likeness (QED) is 0.0786. The predicted molar refractivity (Wildman–Crippen MR) is 192 cm³/mol. The number of benzene rings is 2. The summed E-state index contributed by atoms with van der Waals surface area (Å²) >= 11 is 6.87. The van der Waals surface area contributed by atoms with Crippen molar-refractivity contribution in [3.8, 4) is 5.75 Å². The molecule has 264 valence electrons. The Labute approximate surface area is 299 Å². The van der Waals surface area contributed by atoms with Crippen LogP contribution in [0.4, 0.5) is 0 Å². The van der Waals surface area contributed by atoms with Crippen LogP contribution >= 0.6 is 31.9 Å². The first kappa shape index (κ1) is 41.2. The fourth-order valence-corrected chi connectivity index (χ4v) is 6.66. The number of carbonyl (C=O) groups is 2. The maximum atomic E-state index is 13.6. The van der Waals surface area contributed by atoms with Gasteiger partial charge in [-0.05, 0) is 119 Å². The third kappa shape index (κ3) is 15.9. The number of rotatable bonds is 19. The van der Waals surface area contributed by atoms with Crippen molar-refractivity contribution in [3.63, 3.8) is 0 Å². The first-order chi connectivity index (χ1) is 21.9. The molecule has 0 N–H and O–H groups in total. The molecule has 2 atom stereocenters. The Bertz CT molecular complexity index is 1380. The molecule has 8 nitrogen and oxygen atoms in total. The van der Waals surface area contributed by atoms with Crippen molar-refractivity contribution in [1.29, 1.82) is 0 Å². The molecule has 0 aliphatic heterocycles. The summed E-state index contributed by atoms with van der Waals surface area (Å²) in [6.07, 6.45) is 7.08.